The Kier molecular flexibility index (Phi) is 6.22. The van der Waals surface area contributed by atoms with Gasteiger partial charge < -0.3 is 19.7 Å². The Bertz CT molecular complexity index is 829. The molecule has 0 radical (unpaired) electrons. The van der Waals surface area contributed by atoms with Crippen molar-refractivity contribution >= 4 is 11.8 Å². The van der Waals surface area contributed by atoms with Crippen LogP contribution in [-0.4, -0.2) is 50.4 Å². The Morgan fingerprint density at radius 3 is 2.78 bits per heavy atom. The van der Waals surface area contributed by atoms with Gasteiger partial charge in [0, 0.05) is 50.8 Å². The Hall–Kier alpha value is -1.97. The number of halogens is 2. The zero-order valence-electron chi connectivity index (χ0n) is 18.2. The first kappa shape index (κ1) is 21.9. The predicted octanol–water partition coefficient (Wildman–Crippen LogP) is 3.25. The Morgan fingerprint density at radius 2 is 1.94 bits per heavy atom. The lowest BCUT2D eigenvalue weighted by Gasteiger charge is -2.35. The van der Waals surface area contributed by atoms with E-state index in [1.807, 2.05) is 11.0 Å². The van der Waals surface area contributed by atoms with Crippen LogP contribution in [0.25, 0.3) is 0 Å². The second kappa shape index (κ2) is 9.11. The van der Waals surface area contributed by atoms with Crippen LogP contribution in [0.1, 0.15) is 55.7 Å². The van der Waals surface area contributed by atoms with Crippen molar-refractivity contribution in [3.05, 3.63) is 29.3 Å². The second-order valence-corrected chi connectivity index (χ2v) is 9.47. The third-order valence-corrected chi connectivity index (χ3v) is 7.24. The number of hydrogen-bond donors (Lipinski definition) is 3. The molecule has 9 heteroatoms. The number of hydrazine groups is 1. The van der Waals surface area contributed by atoms with Gasteiger partial charge in [0.2, 0.25) is 0 Å². The summed E-state index contributed by atoms with van der Waals surface area (Å²) >= 11 is 0. The molecule has 3 aliphatic heterocycles. The summed E-state index contributed by atoms with van der Waals surface area (Å²) in [6.45, 7) is 1.90. The third-order valence-electron chi connectivity index (χ3n) is 7.24. The second-order valence-electron chi connectivity index (χ2n) is 9.47. The lowest BCUT2D eigenvalue weighted by molar-refractivity contribution is -0.0220. The molecule has 1 aromatic rings. The van der Waals surface area contributed by atoms with Gasteiger partial charge in [-0.1, -0.05) is 6.07 Å². The summed E-state index contributed by atoms with van der Waals surface area (Å²) in [6.07, 6.45) is 3.26. The molecule has 4 atom stereocenters. The Balaban J connectivity index is 1.44. The quantitative estimate of drug-likeness (QED) is 0.610. The predicted molar refractivity (Wildman–Crippen MR) is 116 cm³/mol. The van der Waals surface area contributed by atoms with E-state index in [4.69, 9.17) is 9.47 Å². The van der Waals surface area contributed by atoms with Gasteiger partial charge in [-0.2, -0.15) is 0 Å². The van der Waals surface area contributed by atoms with Crippen molar-refractivity contribution in [1.29, 1.82) is 0 Å². The number of nitrogens with zero attached hydrogens (tertiary/aromatic N) is 1. The maximum absolute atomic E-state index is 13.7. The molecule has 1 aliphatic carbocycles. The average Bonchev–Trinajstić information content (AvgIpc) is 3.20. The first-order valence-corrected chi connectivity index (χ1v) is 11.8. The van der Waals surface area contributed by atoms with E-state index in [0.717, 1.165) is 42.5 Å². The largest absolute Gasteiger partial charge is 0.445 e. The highest BCUT2D eigenvalue weighted by Crippen LogP contribution is 2.41. The minimum absolute atomic E-state index is 0.0929. The van der Waals surface area contributed by atoms with Gasteiger partial charge in [0.1, 0.15) is 6.61 Å². The molecule has 4 unspecified atom stereocenters. The molecule has 0 aromatic heterocycles. The van der Waals surface area contributed by atoms with Crippen molar-refractivity contribution in [1.82, 2.24) is 16.2 Å². The van der Waals surface area contributed by atoms with Gasteiger partial charge in [-0.05, 0) is 54.9 Å². The standard InChI is InChI=1S/C23H32F2N4O3/c24-23(25)4-7-29(8-5-23)17-11-15-10-16(12-17)21-19-13-18(2-3-20(19)27-28-21)31-9-1-6-26-22(30)32-14-15/h10-12,18-21,27-28H,1-9,13-14H2,(H,26,30). The van der Waals surface area contributed by atoms with Crippen molar-refractivity contribution in [3.8, 4) is 0 Å². The summed E-state index contributed by atoms with van der Waals surface area (Å²) in [6, 6.07) is 6.62. The van der Waals surface area contributed by atoms with Crippen LogP contribution >= 0.6 is 0 Å². The van der Waals surface area contributed by atoms with E-state index in [9.17, 15) is 13.6 Å². The normalized spacial score (nSPS) is 32.9. The molecule has 2 saturated heterocycles. The fourth-order valence-electron chi connectivity index (χ4n) is 5.45. The van der Waals surface area contributed by atoms with Gasteiger partial charge in [-0.25, -0.2) is 19.0 Å². The molecular weight excluding hydrogens is 418 g/mol. The molecule has 176 valence electrons. The molecule has 4 aliphatic rings. The first-order valence-electron chi connectivity index (χ1n) is 11.8. The summed E-state index contributed by atoms with van der Waals surface area (Å²) < 4.78 is 39.0. The zero-order valence-corrected chi connectivity index (χ0v) is 18.2. The SMILES string of the molecule is O=C1NCCCOC2CCC3NNC(c4cc(cc(N5CCC(F)(F)CC5)c4)CO1)C3C2. The number of carbonyl (C=O) groups is 1. The van der Waals surface area contributed by atoms with Crippen molar-refractivity contribution in [3.63, 3.8) is 0 Å². The summed E-state index contributed by atoms with van der Waals surface area (Å²) in [5.74, 6) is -2.21. The van der Waals surface area contributed by atoms with Gasteiger partial charge in [-0.3, -0.25) is 5.43 Å². The number of ether oxygens (including phenoxy) is 2. The van der Waals surface area contributed by atoms with Crippen molar-refractivity contribution in [2.24, 2.45) is 5.92 Å². The van der Waals surface area contributed by atoms with Crippen LogP contribution in [0.4, 0.5) is 19.3 Å². The van der Waals surface area contributed by atoms with Crippen LogP contribution < -0.4 is 21.1 Å². The maximum Gasteiger partial charge on any atom is 0.407 e. The van der Waals surface area contributed by atoms with Crippen molar-refractivity contribution in [2.75, 3.05) is 31.1 Å². The van der Waals surface area contributed by atoms with E-state index in [-0.39, 0.29) is 31.6 Å². The first-order chi connectivity index (χ1) is 15.5. The highest BCUT2D eigenvalue weighted by Gasteiger charge is 2.42. The number of rotatable bonds is 1. The Morgan fingerprint density at radius 1 is 1.09 bits per heavy atom. The van der Waals surface area contributed by atoms with Crippen molar-refractivity contribution < 1.29 is 23.0 Å². The van der Waals surface area contributed by atoms with Crippen LogP contribution in [-0.2, 0) is 16.1 Å². The number of alkyl carbamates (subject to hydrolysis) is 1. The van der Waals surface area contributed by atoms with Crippen molar-refractivity contribution in [2.45, 2.75) is 69.2 Å². The topological polar surface area (TPSA) is 74.9 Å². The number of hydrogen-bond acceptors (Lipinski definition) is 6. The van der Waals surface area contributed by atoms with E-state index < -0.39 is 12.0 Å². The number of fused-ring (bicyclic) bond motifs is 4. The summed E-state index contributed by atoms with van der Waals surface area (Å²) in [5, 5.41) is 2.77. The number of benzene rings is 1. The summed E-state index contributed by atoms with van der Waals surface area (Å²) in [7, 11) is 0. The molecule has 4 bridgehead atoms. The molecule has 1 saturated carbocycles. The summed E-state index contributed by atoms with van der Waals surface area (Å²) in [4.78, 5) is 14.1. The van der Waals surface area contributed by atoms with Gasteiger partial charge in [0.15, 0.2) is 0 Å². The molecule has 32 heavy (non-hydrogen) atoms. The van der Waals surface area contributed by atoms with Gasteiger partial charge in [0.05, 0.1) is 12.1 Å². The minimum atomic E-state index is -2.59. The zero-order chi connectivity index (χ0) is 22.1. The molecule has 7 nitrogen and oxygen atoms in total. The van der Waals surface area contributed by atoms with E-state index in [1.54, 1.807) is 0 Å². The fourth-order valence-corrected chi connectivity index (χ4v) is 5.45. The highest BCUT2D eigenvalue weighted by atomic mass is 19.3. The molecule has 3 heterocycles. The van der Waals surface area contributed by atoms with E-state index in [1.165, 1.54) is 0 Å². The number of anilines is 1. The number of amides is 1. The number of piperidine rings is 1. The third kappa shape index (κ3) is 4.84. The number of nitrogens with one attached hydrogen (secondary N) is 3. The lowest BCUT2D eigenvalue weighted by atomic mass is 9.78. The summed E-state index contributed by atoms with van der Waals surface area (Å²) in [5.41, 5.74) is 9.81. The van der Waals surface area contributed by atoms with E-state index in [2.05, 4.69) is 28.3 Å². The monoisotopic (exact) mass is 450 g/mol. The Labute approximate surface area is 187 Å². The molecule has 1 amide bonds. The van der Waals surface area contributed by atoms with Gasteiger partial charge in [0.25, 0.3) is 5.92 Å². The van der Waals surface area contributed by atoms with Crippen LogP contribution in [0, 0.1) is 5.92 Å². The van der Waals surface area contributed by atoms with Crippen LogP contribution in [0.5, 0.6) is 0 Å². The maximum atomic E-state index is 13.7. The molecule has 5 rings (SSSR count). The molecule has 1 aromatic carbocycles. The minimum Gasteiger partial charge on any atom is -0.445 e. The smallest absolute Gasteiger partial charge is 0.407 e. The van der Waals surface area contributed by atoms with Gasteiger partial charge >= 0.3 is 6.09 Å². The lowest BCUT2D eigenvalue weighted by Crippen LogP contribution is -2.39. The number of carbonyl (C=O) groups excluding carboxylic acids is 1. The van der Waals surface area contributed by atoms with Crippen LogP contribution in [0.2, 0.25) is 0 Å². The van der Waals surface area contributed by atoms with Crippen LogP contribution in [0.3, 0.4) is 0 Å². The average molecular weight is 451 g/mol. The van der Waals surface area contributed by atoms with E-state index in [0.29, 0.717) is 38.2 Å². The molecule has 3 N–H and O–H groups in total. The highest BCUT2D eigenvalue weighted by molar-refractivity contribution is 5.67. The molecular formula is C23H32F2N4O3. The van der Waals surface area contributed by atoms with Crippen LogP contribution in [0.15, 0.2) is 18.2 Å². The fraction of sp³-hybridized carbons (Fsp3) is 0.696. The molecule has 0 spiro atoms. The van der Waals surface area contributed by atoms with Gasteiger partial charge in [-0.15, -0.1) is 0 Å². The number of cyclic esters (lactones) is 1. The molecule has 3 fully saturated rings. The van der Waals surface area contributed by atoms with E-state index >= 15 is 0 Å². The number of alkyl halides is 2.